The van der Waals surface area contributed by atoms with Crippen molar-refractivity contribution in [1.82, 2.24) is 0 Å². The summed E-state index contributed by atoms with van der Waals surface area (Å²) in [4.78, 5) is 11.4. The van der Waals surface area contributed by atoms with Gasteiger partial charge in [-0.25, -0.2) is 4.39 Å². The van der Waals surface area contributed by atoms with E-state index in [0.29, 0.717) is 6.42 Å². The third-order valence-electron chi connectivity index (χ3n) is 3.49. The fraction of sp³-hybridized carbons (Fsp3) is 0.417. The maximum Gasteiger partial charge on any atom is 0.314 e. The van der Waals surface area contributed by atoms with E-state index in [1.54, 1.807) is 0 Å². The zero-order valence-corrected chi connectivity index (χ0v) is 9.81. The quantitative estimate of drug-likeness (QED) is 0.865. The van der Waals surface area contributed by atoms with Crippen molar-refractivity contribution in [3.63, 3.8) is 0 Å². The van der Waals surface area contributed by atoms with E-state index in [1.807, 2.05) is 13.8 Å². The van der Waals surface area contributed by atoms with Crippen LogP contribution >= 0.6 is 11.6 Å². The second-order valence-electron chi connectivity index (χ2n) is 4.87. The lowest BCUT2D eigenvalue weighted by Gasteiger charge is -2.18. The number of halogens is 2. The van der Waals surface area contributed by atoms with Crippen molar-refractivity contribution in [3.8, 4) is 0 Å². The van der Waals surface area contributed by atoms with Crippen LogP contribution in [0.5, 0.6) is 0 Å². The molecule has 1 N–H and O–H groups in total. The Bertz CT molecular complexity index is 450. The summed E-state index contributed by atoms with van der Waals surface area (Å²) < 4.78 is 13.7. The predicted octanol–water partition coefficient (Wildman–Crippen LogP) is 3.23. The predicted molar refractivity (Wildman–Crippen MR) is 59.1 cm³/mol. The van der Waals surface area contributed by atoms with Gasteiger partial charge in [-0.2, -0.15) is 0 Å². The molecular formula is C12H12ClFO2. The van der Waals surface area contributed by atoms with Crippen LogP contribution in [-0.2, 0) is 10.2 Å². The number of benzene rings is 1. The van der Waals surface area contributed by atoms with Gasteiger partial charge in [0.1, 0.15) is 11.2 Å². The molecule has 0 aliphatic heterocycles. The standard InChI is InChI=1S/C12H12ClFO2/c1-11(2)6-12(11,10(15)16)9-7(13)4-3-5-8(9)14/h3-5H,6H2,1-2H3,(H,15,16). The van der Waals surface area contributed by atoms with E-state index in [9.17, 15) is 14.3 Å². The zero-order chi connectivity index (χ0) is 12.1. The highest BCUT2D eigenvalue weighted by molar-refractivity contribution is 6.31. The molecule has 1 fully saturated rings. The van der Waals surface area contributed by atoms with Crippen LogP contribution in [0.2, 0.25) is 5.02 Å². The molecule has 1 unspecified atom stereocenters. The van der Waals surface area contributed by atoms with Crippen LogP contribution in [0, 0.1) is 11.2 Å². The average Bonchev–Trinajstić information content (AvgIpc) is 2.70. The van der Waals surface area contributed by atoms with Crippen LogP contribution in [0.4, 0.5) is 4.39 Å². The minimum atomic E-state index is -1.17. The largest absolute Gasteiger partial charge is 0.481 e. The Hall–Kier alpha value is -1.09. The Kier molecular flexibility index (Phi) is 2.28. The number of carbonyl (C=O) groups is 1. The van der Waals surface area contributed by atoms with E-state index in [2.05, 4.69) is 0 Å². The minimum absolute atomic E-state index is 0.120. The fourth-order valence-electron chi connectivity index (χ4n) is 2.42. The van der Waals surface area contributed by atoms with Crippen LogP contribution in [0.3, 0.4) is 0 Å². The summed E-state index contributed by atoms with van der Waals surface area (Å²) in [5.41, 5.74) is -1.51. The van der Waals surface area contributed by atoms with Crippen LogP contribution < -0.4 is 0 Å². The van der Waals surface area contributed by atoms with Gasteiger partial charge < -0.3 is 5.11 Å². The van der Waals surface area contributed by atoms with Crippen molar-refractivity contribution in [1.29, 1.82) is 0 Å². The number of hydrogen-bond acceptors (Lipinski definition) is 1. The number of carboxylic acid groups (broad SMARTS) is 1. The smallest absolute Gasteiger partial charge is 0.314 e. The second-order valence-corrected chi connectivity index (χ2v) is 5.28. The van der Waals surface area contributed by atoms with Crippen molar-refractivity contribution in [2.45, 2.75) is 25.7 Å². The molecule has 1 atom stereocenters. The van der Waals surface area contributed by atoms with E-state index in [0.717, 1.165) is 0 Å². The molecule has 4 heteroatoms. The third kappa shape index (κ3) is 1.27. The molecule has 1 aliphatic carbocycles. The van der Waals surface area contributed by atoms with Gasteiger partial charge in [0, 0.05) is 10.6 Å². The number of hydrogen-bond donors (Lipinski definition) is 1. The Morgan fingerprint density at radius 1 is 1.50 bits per heavy atom. The lowest BCUT2D eigenvalue weighted by atomic mass is 9.87. The Morgan fingerprint density at radius 3 is 2.44 bits per heavy atom. The lowest BCUT2D eigenvalue weighted by Crippen LogP contribution is -2.27. The Balaban J connectivity index is 2.64. The van der Waals surface area contributed by atoms with Gasteiger partial charge in [0.25, 0.3) is 0 Å². The van der Waals surface area contributed by atoms with Gasteiger partial charge in [0.15, 0.2) is 0 Å². The molecule has 2 nitrogen and oxygen atoms in total. The average molecular weight is 243 g/mol. The fourth-order valence-corrected chi connectivity index (χ4v) is 2.75. The van der Waals surface area contributed by atoms with Gasteiger partial charge in [-0.3, -0.25) is 4.79 Å². The first-order valence-electron chi connectivity index (χ1n) is 5.01. The van der Waals surface area contributed by atoms with Crippen molar-refractivity contribution in [2.75, 3.05) is 0 Å². The molecule has 1 aromatic carbocycles. The molecule has 0 amide bonds. The van der Waals surface area contributed by atoms with Crippen LogP contribution in [0.25, 0.3) is 0 Å². The Morgan fingerprint density at radius 2 is 2.06 bits per heavy atom. The molecule has 0 heterocycles. The molecule has 1 aliphatic rings. The second kappa shape index (κ2) is 3.20. The van der Waals surface area contributed by atoms with Gasteiger partial charge in [0.05, 0.1) is 0 Å². The molecule has 1 saturated carbocycles. The first kappa shape index (κ1) is 11.4. The first-order chi connectivity index (χ1) is 7.33. The van der Waals surface area contributed by atoms with E-state index in [4.69, 9.17) is 11.6 Å². The zero-order valence-electron chi connectivity index (χ0n) is 9.05. The van der Waals surface area contributed by atoms with Crippen LogP contribution in [0.15, 0.2) is 18.2 Å². The normalized spacial score (nSPS) is 26.5. The summed E-state index contributed by atoms with van der Waals surface area (Å²) in [5.74, 6) is -1.55. The van der Waals surface area contributed by atoms with Gasteiger partial charge in [-0.05, 0) is 24.0 Å². The summed E-state index contributed by atoms with van der Waals surface area (Å²) in [6.07, 6.45) is 0.413. The van der Waals surface area contributed by atoms with Gasteiger partial charge in [-0.15, -0.1) is 0 Å². The third-order valence-corrected chi connectivity index (χ3v) is 3.81. The van der Waals surface area contributed by atoms with Gasteiger partial charge in [0.2, 0.25) is 0 Å². The summed E-state index contributed by atoms with van der Waals surface area (Å²) >= 11 is 5.92. The van der Waals surface area contributed by atoms with Gasteiger partial charge >= 0.3 is 5.97 Å². The van der Waals surface area contributed by atoms with E-state index >= 15 is 0 Å². The maximum absolute atomic E-state index is 13.7. The molecule has 0 bridgehead atoms. The maximum atomic E-state index is 13.7. The lowest BCUT2D eigenvalue weighted by molar-refractivity contribution is -0.141. The molecule has 0 spiro atoms. The van der Waals surface area contributed by atoms with E-state index in [1.165, 1.54) is 18.2 Å². The molecule has 1 aromatic rings. The van der Waals surface area contributed by atoms with E-state index < -0.39 is 22.6 Å². The molecule has 0 radical (unpaired) electrons. The summed E-state index contributed by atoms with van der Waals surface area (Å²) in [7, 11) is 0. The molecule has 0 saturated heterocycles. The highest BCUT2D eigenvalue weighted by Crippen LogP contribution is 2.65. The molecule has 0 aromatic heterocycles. The van der Waals surface area contributed by atoms with E-state index in [-0.39, 0.29) is 10.6 Å². The SMILES string of the molecule is CC1(C)CC1(C(=O)O)c1c(F)cccc1Cl. The van der Waals surface area contributed by atoms with Crippen molar-refractivity contribution in [3.05, 3.63) is 34.6 Å². The number of rotatable bonds is 2. The highest BCUT2D eigenvalue weighted by atomic mass is 35.5. The number of carboxylic acids is 1. The molecular weight excluding hydrogens is 231 g/mol. The molecule has 2 rings (SSSR count). The monoisotopic (exact) mass is 242 g/mol. The van der Waals surface area contributed by atoms with Crippen LogP contribution in [0.1, 0.15) is 25.8 Å². The summed E-state index contributed by atoms with van der Waals surface area (Å²) in [6, 6.07) is 4.26. The van der Waals surface area contributed by atoms with Crippen molar-refractivity contribution in [2.24, 2.45) is 5.41 Å². The Labute approximate surface area is 98.0 Å². The van der Waals surface area contributed by atoms with Gasteiger partial charge in [-0.1, -0.05) is 31.5 Å². The summed E-state index contributed by atoms with van der Waals surface area (Å²) in [5, 5.41) is 9.50. The van der Waals surface area contributed by atoms with Crippen molar-refractivity contribution < 1.29 is 14.3 Å². The number of aliphatic carboxylic acids is 1. The van der Waals surface area contributed by atoms with Crippen LogP contribution in [-0.4, -0.2) is 11.1 Å². The first-order valence-corrected chi connectivity index (χ1v) is 5.38. The van der Waals surface area contributed by atoms with Crippen molar-refractivity contribution >= 4 is 17.6 Å². The minimum Gasteiger partial charge on any atom is -0.481 e. The molecule has 86 valence electrons. The topological polar surface area (TPSA) is 37.3 Å². The summed E-state index contributed by atoms with van der Waals surface area (Å²) in [6.45, 7) is 3.62. The highest BCUT2D eigenvalue weighted by Gasteiger charge is 2.69. The molecule has 16 heavy (non-hydrogen) atoms.